The van der Waals surface area contributed by atoms with Gasteiger partial charge in [-0.15, -0.1) is 0 Å². The molecule has 34 heavy (non-hydrogen) atoms. The number of aliphatic carboxylic acids is 1. The Bertz CT molecular complexity index is 1250. The van der Waals surface area contributed by atoms with Crippen LogP contribution in [0.25, 0.3) is 10.9 Å². The number of halogens is 4. The van der Waals surface area contributed by atoms with E-state index in [1.165, 1.54) is 24.3 Å². The predicted octanol–water partition coefficient (Wildman–Crippen LogP) is 6.91. The maximum atomic E-state index is 14.7. The summed E-state index contributed by atoms with van der Waals surface area (Å²) in [6, 6.07) is 7.25. The molecule has 0 bridgehead atoms. The van der Waals surface area contributed by atoms with Crippen LogP contribution in [0.2, 0.25) is 0 Å². The highest BCUT2D eigenvalue weighted by atomic mass is 32.2. The van der Waals surface area contributed by atoms with Gasteiger partial charge in [0.15, 0.2) is 12.3 Å². The molecule has 1 fully saturated rings. The van der Waals surface area contributed by atoms with E-state index in [4.69, 9.17) is 8.37 Å². The smallest absolute Gasteiger partial charge is 0.416 e. The summed E-state index contributed by atoms with van der Waals surface area (Å²) in [5.74, 6) is -1.71. The quantitative estimate of drug-likeness (QED) is 0.308. The van der Waals surface area contributed by atoms with Crippen molar-refractivity contribution in [2.45, 2.75) is 57.0 Å². The van der Waals surface area contributed by atoms with E-state index in [0.717, 1.165) is 42.1 Å². The van der Waals surface area contributed by atoms with Gasteiger partial charge in [-0.25, -0.2) is 4.39 Å². The molecule has 1 saturated heterocycles. The fraction of sp³-hybridized carbons (Fsp3) is 0.375. The third-order valence-corrected chi connectivity index (χ3v) is 7.15. The standard InChI is InChI=1S/C24H21F4NO4S/c1-12(13-5-7-15(8-6-13)24(26,27)28)29-21-14(9-20(30)31)3-2-4-17(21)18-10-16(25)11-19(22(18)29)23-32-34-33-23/h5-8,10-12,14,23H,2-4,9H2,1H3,(H,30,31)/t12-,14+/m0/s1. The van der Waals surface area contributed by atoms with Crippen LogP contribution in [-0.4, -0.2) is 15.6 Å². The van der Waals surface area contributed by atoms with Gasteiger partial charge in [0.1, 0.15) is 5.82 Å². The monoisotopic (exact) mass is 495 g/mol. The molecule has 5 rings (SSSR count). The highest BCUT2D eigenvalue weighted by Crippen LogP contribution is 2.48. The van der Waals surface area contributed by atoms with Crippen LogP contribution in [0.4, 0.5) is 17.6 Å². The molecular weight excluding hydrogens is 474 g/mol. The van der Waals surface area contributed by atoms with Crippen molar-refractivity contribution in [2.75, 3.05) is 0 Å². The normalized spacial score (nSPS) is 19.6. The Morgan fingerprint density at radius 2 is 1.94 bits per heavy atom. The number of rotatable bonds is 5. The van der Waals surface area contributed by atoms with Gasteiger partial charge < -0.3 is 9.67 Å². The first-order valence-electron chi connectivity index (χ1n) is 10.9. The van der Waals surface area contributed by atoms with Crippen LogP contribution in [0.15, 0.2) is 36.4 Å². The van der Waals surface area contributed by atoms with Crippen molar-refractivity contribution in [1.82, 2.24) is 4.57 Å². The van der Waals surface area contributed by atoms with Crippen LogP contribution in [0.5, 0.6) is 0 Å². The summed E-state index contributed by atoms with van der Waals surface area (Å²) in [4.78, 5) is 11.6. The number of hydrogen-bond donors (Lipinski definition) is 1. The summed E-state index contributed by atoms with van der Waals surface area (Å²) in [6.45, 7) is 1.85. The zero-order valence-electron chi connectivity index (χ0n) is 18.1. The lowest BCUT2D eigenvalue weighted by Gasteiger charge is -2.29. The van der Waals surface area contributed by atoms with Crippen molar-refractivity contribution in [3.8, 4) is 0 Å². The van der Waals surface area contributed by atoms with Crippen LogP contribution in [-0.2, 0) is 25.8 Å². The van der Waals surface area contributed by atoms with E-state index in [2.05, 4.69) is 0 Å². The number of aromatic nitrogens is 1. The molecule has 0 radical (unpaired) electrons. The van der Waals surface area contributed by atoms with E-state index in [0.29, 0.717) is 34.9 Å². The number of aryl methyl sites for hydroxylation is 1. The SMILES string of the molecule is C[C@@H](c1ccc(C(F)(F)F)cc1)n1c2c(c3cc(F)cc(C4OSO4)c31)CCC[C@@H]2CC(=O)O. The Labute approximate surface area is 197 Å². The molecule has 3 aromatic rings. The topological polar surface area (TPSA) is 60.7 Å². The fourth-order valence-electron chi connectivity index (χ4n) is 5.16. The fourth-order valence-corrected chi connectivity index (χ4v) is 5.53. The lowest BCUT2D eigenvalue weighted by molar-refractivity contribution is -0.138. The van der Waals surface area contributed by atoms with Crippen LogP contribution in [0, 0.1) is 5.82 Å². The van der Waals surface area contributed by atoms with E-state index in [9.17, 15) is 27.5 Å². The molecule has 0 unspecified atom stereocenters. The van der Waals surface area contributed by atoms with Crippen LogP contribution in [0.1, 0.15) is 72.4 Å². The number of carboxylic acids is 1. The predicted molar refractivity (Wildman–Crippen MR) is 118 cm³/mol. The second kappa shape index (κ2) is 8.58. The average Bonchev–Trinajstić information content (AvgIpc) is 3.06. The summed E-state index contributed by atoms with van der Waals surface area (Å²) in [6.07, 6.45) is -3.27. The van der Waals surface area contributed by atoms with Gasteiger partial charge in [-0.2, -0.15) is 13.2 Å². The molecule has 180 valence electrons. The van der Waals surface area contributed by atoms with E-state index >= 15 is 0 Å². The van der Waals surface area contributed by atoms with Crippen molar-refractivity contribution in [3.63, 3.8) is 0 Å². The van der Waals surface area contributed by atoms with Gasteiger partial charge in [-0.3, -0.25) is 13.2 Å². The molecule has 1 N–H and O–H groups in total. The molecular formula is C24H21F4NO4S. The Morgan fingerprint density at radius 1 is 1.24 bits per heavy atom. The van der Waals surface area contributed by atoms with E-state index < -0.39 is 35.9 Å². The number of benzene rings is 2. The Kier molecular flexibility index (Phi) is 5.86. The first-order chi connectivity index (χ1) is 16.1. The number of fused-ring (bicyclic) bond motifs is 3. The molecule has 0 amide bonds. The summed E-state index contributed by atoms with van der Waals surface area (Å²) in [5, 5.41) is 10.2. The zero-order valence-corrected chi connectivity index (χ0v) is 18.9. The molecule has 10 heteroatoms. The number of carbonyl (C=O) groups is 1. The molecule has 1 aliphatic carbocycles. The van der Waals surface area contributed by atoms with Gasteiger partial charge in [0.05, 0.1) is 23.5 Å². The van der Waals surface area contributed by atoms with Gasteiger partial charge in [-0.1, -0.05) is 12.1 Å². The maximum Gasteiger partial charge on any atom is 0.416 e. The highest BCUT2D eigenvalue weighted by molar-refractivity contribution is 7.90. The number of nitrogens with zero attached hydrogens (tertiary/aromatic N) is 1. The first kappa shape index (κ1) is 23.2. The number of alkyl halides is 3. The Morgan fingerprint density at radius 3 is 2.53 bits per heavy atom. The van der Waals surface area contributed by atoms with Crippen molar-refractivity contribution in [2.24, 2.45) is 0 Å². The second-order valence-electron chi connectivity index (χ2n) is 8.70. The molecule has 2 aliphatic rings. The van der Waals surface area contributed by atoms with Crippen molar-refractivity contribution < 1.29 is 35.8 Å². The zero-order chi connectivity index (χ0) is 24.2. The lowest BCUT2D eigenvalue weighted by atomic mass is 9.84. The van der Waals surface area contributed by atoms with Gasteiger partial charge >= 0.3 is 12.1 Å². The lowest BCUT2D eigenvalue weighted by Crippen LogP contribution is -2.20. The first-order valence-corrected chi connectivity index (χ1v) is 11.6. The van der Waals surface area contributed by atoms with Gasteiger partial charge in [0, 0.05) is 22.6 Å². The average molecular weight is 495 g/mol. The third kappa shape index (κ3) is 3.97. The van der Waals surface area contributed by atoms with E-state index in [-0.39, 0.29) is 12.3 Å². The van der Waals surface area contributed by atoms with E-state index in [1.54, 1.807) is 0 Å². The maximum absolute atomic E-state index is 14.7. The van der Waals surface area contributed by atoms with Crippen molar-refractivity contribution in [3.05, 3.63) is 70.2 Å². The Hall–Kier alpha value is -2.56. The van der Waals surface area contributed by atoms with Crippen molar-refractivity contribution in [1.29, 1.82) is 0 Å². The molecule has 2 aromatic carbocycles. The minimum Gasteiger partial charge on any atom is -0.481 e. The Balaban J connectivity index is 1.74. The van der Waals surface area contributed by atoms with Gasteiger partial charge in [-0.05, 0) is 61.6 Å². The molecule has 1 aromatic heterocycles. The van der Waals surface area contributed by atoms with Gasteiger partial charge in [0.25, 0.3) is 0 Å². The summed E-state index contributed by atoms with van der Waals surface area (Å²) in [7, 11) is 0. The second-order valence-corrected chi connectivity index (χ2v) is 9.22. The summed E-state index contributed by atoms with van der Waals surface area (Å²) < 4.78 is 66.7. The van der Waals surface area contributed by atoms with Crippen LogP contribution < -0.4 is 0 Å². The van der Waals surface area contributed by atoms with Crippen molar-refractivity contribution >= 4 is 29.2 Å². The van der Waals surface area contributed by atoms with E-state index in [1.807, 2.05) is 11.5 Å². The summed E-state index contributed by atoms with van der Waals surface area (Å²) in [5.41, 5.74) is 2.65. The van der Waals surface area contributed by atoms with Crippen LogP contribution >= 0.6 is 12.3 Å². The molecule has 0 spiro atoms. The molecule has 1 aliphatic heterocycles. The minimum absolute atomic E-state index is 0.0901. The largest absolute Gasteiger partial charge is 0.481 e. The molecule has 0 saturated carbocycles. The highest BCUT2D eigenvalue weighted by Gasteiger charge is 2.36. The van der Waals surface area contributed by atoms with Crippen LogP contribution in [0.3, 0.4) is 0 Å². The molecule has 5 nitrogen and oxygen atoms in total. The molecule has 2 heterocycles. The minimum atomic E-state index is -4.45. The third-order valence-electron chi connectivity index (χ3n) is 6.64. The number of carboxylic acid groups (broad SMARTS) is 1. The number of hydrogen-bond acceptors (Lipinski definition) is 4. The molecule has 2 atom stereocenters. The summed E-state index contributed by atoms with van der Waals surface area (Å²) >= 11 is 0.797. The van der Waals surface area contributed by atoms with Gasteiger partial charge in [0.2, 0.25) is 6.29 Å².